The zero-order chi connectivity index (χ0) is 13.9. The molecule has 0 saturated carbocycles. The predicted molar refractivity (Wildman–Crippen MR) is 82.3 cm³/mol. The highest BCUT2D eigenvalue weighted by atomic mass is 16.5. The van der Waals surface area contributed by atoms with Crippen LogP contribution in [-0.4, -0.2) is 37.7 Å². The fourth-order valence-electron chi connectivity index (χ4n) is 3.83. The number of benzene rings is 1. The van der Waals surface area contributed by atoms with Crippen molar-refractivity contribution in [2.75, 3.05) is 26.7 Å². The van der Waals surface area contributed by atoms with Gasteiger partial charge in [-0.3, -0.25) is 4.90 Å². The third-order valence-corrected chi connectivity index (χ3v) is 4.82. The van der Waals surface area contributed by atoms with E-state index in [0.29, 0.717) is 12.1 Å². The Kier molecular flexibility index (Phi) is 4.27. The second kappa shape index (κ2) is 6.15. The van der Waals surface area contributed by atoms with E-state index in [9.17, 15) is 0 Å². The second-order valence-corrected chi connectivity index (χ2v) is 5.95. The molecular weight excluding hydrogens is 248 g/mol. The van der Waals surface area contributed by atoms with Gasteiger partial charge < -0.3 is 10.1 Å². The Morgan fingerprint density at radius 3 is 2.80 bits per heavy atom. The summed E-state index contributed by atoms with van der Waals surface area (Å²) in [5.41, 5.74) is 2.95. The Labute approximate surface area is 122 Å². The Balaban J connectivity index is 1.91. The summed E-state index contributed by atoms with van der Waals surface area (Å²) < 4.78 is 5.43. The molecule has 0 radical (unpaired) electrons. The number of nitrogens with one attached hydrogen (secondary N) is 1. The molecule has 3 heteroatoms. The highest BCUT2D eigenvalue weighted by Gasteiger charge is 2.34. The highest BCUT2D eigenvalue weighted by Crippen LogP contribution is 2.36. The largest absolute Gasteiger partial charge is 0.497 e. The highest BCUT2D eigenvalue weighted by molar-refractivity contribution is 5.40. The number of methoxy groups -OCH3 is 1. The second-order valence-electron chi connectivity index (χ2n) is 5.95. The van der Waals surface area contributed by atoms with Crippen LogP contribution in [0, 0.1) is 0 Å². The maximum absolute atomic E-state index is 5.43. The summed E-state index contributed by atoms with van der Waals surface area (Å²) in [4.78, 5) is 2.69. The average Bonchev–Trinajstić information content (AvgIpc) is 3.01. The molecule has 1 saturated heterocycles. The van der Waals surface area contributed by atoms with Crippen molar-refractivity contribution in [3.63, 3.8) is 0 Å². The van der Waals surface area contributed by atoms with Crippen LogP contribution in [0.4, 0.5) is 0 Å². The van der Waals surface area contributed by atoms with E-state index in [1.54, 1.807) is 7.11 Å². The standard InChI is InChI=1S/C17H26N2O/c1-3-18-17-15-12-14(20-2)8-6-13(15)7-9-16(17)19-10-4-5-11-19/h6,8,12,16-18H,3-5,7,9-11H2,1-2H3. The van der Waals surface area contributed by atoms with Crippen molar-refractivity contribution >= 4 is 0 Å². The fourth-order valence-corrected chi connectivity index (χ4v) is 3.83. The van der Waals surface area contributed by atoms with Gasteiger partial charge in [0.1, 0.15) is 5.75 Å². The van der Waals surface area contributed by atoms with Crippen molar-refractivity contribution in [3.8, 4) is 5.75 Å². The van der Waals surface area contributed by atoms with Crippen molar-refractivity contribution < 1.29 is 4.74 Å². The lowest BCUT2D eigenvalue weighted by molar-refractivity contribution is 0.173. The van der Waals surface area contributed by atoms with Crippen LogP contribution in [0.5, 0.6) is 5.75 Å². The van der Waals surface area contributed by atoms with E-state index in [0.717, 1.165) is 12.3 Å². The van der Waals surface area contributed by atoms with Gasteiger partial charge in [-0.05, 0) is 68.6 Å². The molecule has 3 rings (SSSR count). The first-order chi connectivity index (χ1) is 9.83. The number of ether oxygens (including phenoxy) is 1. The van der Waals surface area contributed by atoms with E-state index in [-0.39, 0.29) is 0 Å². The van der Waals surface area contributed by atoms with E-state index in [4.69, 9.17) is 4.74 Å². The van der Waals surface area contributed by atoms with Gasteiger partial charge in [-0.15, -0.1) is 0 Å². The molecule has 1 N–H and O–H groups in total. The predicted octanol–water partition coefficient (Wildman–Crippen LogP) is 2.76. The number of likely N-dealkylation sites (N-methyl/N-ethyl adjacent to an activating group) is 1. The van der Waals surface area contributed by atoms with Crippen LogP contribution in [-0.2, 0) is 6.42 Å². The molecule has 1 aliphatic carbocycles. The first kappa shape index (κ1) is 13.9. The Morgan fingerprint density at radius 2 is 2.10 bits per heavy atom. The minimum absolute atomic E-state index is 0.456. The molecule has 0 aromatic heterocycles. The molecule has 1 aliphatic heterocycles. The molecule has 2 atom stereocenters. The fraction of sp³-hybridized carbons (Fsp3) is 0.647. The number of likely N-dealkylation sites (tertiary alicyclic amines) is 1. The van der Waals surface area contributed by atoms with Gasteiger partial charge in [-0.2, -0.15) is 0 Å². The molecule has 0 amide bonds. The molecule has 1 aromatic rings. The first-order valence-corrected chi connectivity index (χ1v) is 7.97. The summed E-state index contributed by atoms with van der Waals surface area (Å²) in [7, 11) is 1.75. The summed E-state index contributed by atoms with van der Waals surface area (Å²) in [5, 5.41) is 3.72. The lowest BCUT2D eigenvalue weighted by atomic mass is 9.83. The topological polar surface area (TPSA) is 24.5 Å². The Bertz CT molecular complexity index is 454. The minimum Gasteiger partial charge on any atom is -0.497 e. The van der Waals surface area contributed by atoms with Crippen LogP contribution >= 0.6 is 0 Å². The van der Waals surface area contributed by atoms with Gasteiger partial charge in [-0.25, -0.2) is 0 Å². The van der Waals surface area contributed by atoms with Crippen LogP contribution in [0.3, 0.4) is 0 Å². The number of hydrogen-bond donors (Lipinski definition) is 1. The van der Waals surface area contributed by atoms with Crippen LogP contribution < -0.4 is 10.1 Å². The summed E-state index contributed by atoms with van der Waals surface area (Å²) >= 11 is 0. The van der Waals surface area contributed by atoms with E-state index < -0.39 is 0 Å². The number of hydrogen-bond acceptors (Lipinski definition) is 3. The molecule has 1 fully saturated rings. The summed E-state index contributed by atoms with van der Waals surface area (Å²) in [6.07, 6.45) is 5.19. The molecule has 0 bridgehead atoms. The molecule has 2 aliphatic rings. The Hall–Kier alpha value is -1.06. The van der Waals surface area contributed by atoms with Gasteiger partial charge in [0.15, 0.2) is 0 Å². The normalized spacial score (nSPS) is 26.5. The van der Waals surface area contributed by atoms with Crippen LogP contribution in [0.25, 0.3) is 0 Å². The van der Waals surface area contributed by atoms with Crippen molar-refractivity contribution in [2.45, 2.75) is 44.7 Å². The van der Waals surface area contributed by atoms with E-state index in [1.165, 1.54) is 49.9 Å². The van der Waals surface area contributed by atoms with Crippen LogP contribution in [0.2, 0.25) is 0 Å². The monoisotopic (exact) mass is 274 g/mol. The van der Waals surface area contributed by atoms with Crippen LogP contribution in [0.15, 0.2) is 18.2 Å². The van der Waals surface area contributed by atoms with Gasteiger partial charge >= 0.3 is 0 Å². The van der Waals surface area contributed by atoms with Crippen molar-refractivity contribution in [2.24, 2.45) is 0 Å². The van der Waals surface area contributed by atoms with E-state index in [2.05, 4.69) is 35.3 Å². The molecule has 1 heterocycles. The first-order valence-electron chi connectivity index (χ1n) is 7.97. The van der Waals surface area contributed by atoms with E-state index in [1.807, 2.05) is 0 Å². The summed E-state index contributed by atoms with van der Waals surface area (Å²) in [6.45, 7) is 5.76. The third-order valence-electron chi connectivity index (χ3n) is 4.82. The molecule has 1 aromatic carbocycles. The molecule has 0 spiro atoms. The van der Waals surface area contributed by atoms with Gasteiger partial charge in [0.25, 0.3) is 0 Å². The van der Waals surface area contributed by atoms with Crippen molar-refractivity contribution in [1.29, 1.82) is 0 Å². The average molecular weight is 274 g/mol. The lowest BCUT2D eigenvalue weighted by Crippen LogP contribution is -2.46. The number of aryl methyl sites for hydroxylation is 1. The molecular formula is C17H26N2O. The maximum atomic E-state index is 5.43. The number of fused-ring (bicyclic) bond motifs is 1. The molecule has 3 nitrogen and oxygen atoms in total. The van der Waals surface area contributed by atoms with Crippen LogP contribution in [0.1, 0.15) is 43.4 Å². The Morgan fingerprint density at radius 1 is 1.30 bits per heavy atom. The summed E-state index contributed by atoms with van der Waals surface area (Å²) in [6, 6.07) is 7.69. The smallest absolute Gasteiger partial charge is 0.119 e. The third kappa shape index (κ3) is 2.57. The van der Waals surface area contributed by atoms with Gasteiger partial charge in [-0.1, -0.05) is 13.0 Å². The number of nitrogens with zero attached hydrogens (tertiary/aromatic N) is 1. The zero-order valence-corrected chi connectivity index (χ0v) is 12.7. The molecule has 2 unspecified atom stereocenters. The molecule has 110 valence electrons. The van der Waals surface area contributed by atoms with Gasteiger partial charge in [0, 0.05) is 12.1 Å². The SMILES string of the molecule is CCNC1c2cc(OC)ccc2CCC1N1CCCC1. The minimum atomic E-state index is 0.456. The van der Waals surface area contributed by atoms with Crippen molar-refractivity contribution in [3.05, 3.63) is 29.3 Å². The quantitative estimate of drug-likeness (QED) is 0.913. The summed E-state index contributed by atoms with van der Waals surface area (Å²) in [5.74, 6) is 0.980. The number of rotatable bonds is 4. The van der Waals surface area contributed by atoms with Crippen molar-refractivity contribution in [1.82, 2.24) is 10.2 Å². The van der Waals surface area contributed by atoms with Gasteiger partial charge in [0.05, 0.1) is 7.11 Å². The van der Waals surface area contributed by atoms with E-state index >= 15 is 0 Å². The zero-order valence-electron chi connectivity index (χ0n) is 12.7. The maximum Gasteiger partial charge on any atom is 0.119 e. The lowest BCUT2D eigenvalue weighted by Gasteiger charge is -2.39. The molecule has 20 heavy (non-hydrogen) atoms. The van der Waals surface area contributed by atoms with Gasteiger partial charge in [0.2, 0.25) is 0 Å².